The summed E-state index contributed by atoms with van der Waals surface area (Å²) in [6.07, 6.45) is 5.23. The first kappa shape index (κ1) is 9.59. The predicted molar refractivity (Wildman–Crippen MR) is 61.4 cm³/mol. The predicted octanol–water partition coefficient (Wildman–Crippen LogP) is 2.10. The monoisotopic (exact) mass is 206 g/mol. The lowest BCUT2D eigenvalue weighted by Gasteiger charge is -2.23. The standard InChI is InChI=1S/C11H14N2S/c1-7-5-8-3-2-4-9(11(12)14)10(8)13-6-7/h5-6,9H,2-4H2,1H3,(H2,12,14)/t9-/m1/s1. The quantitative estimate of drug-likeness (QED) is 0.715. The first-order chi connectivity index (χ1) is 6.68. The minimum absolute atomic E-state index is 0.203. The van der Waals surface area contributed by atoms with Gasteiger partial charge in [-0.25, -0.2) is 0 Å². The van der Waals surface area contributed by atoms with E-state index in [4.69, 9.17) is 18.0 Å². The Morgan fingerprint density at radius 3 is 3.14 bits per heavy atom. The van der Waals surface area contributed by atoms with Crippen molar-refractivity contribution in [1.29, 1.82) is 0 Å². The number of nitrogens with two attached hydrogens (primary N) is 1. The van der Waals surface area contributed by atoms with Crippen LogP contribution in [-0.2, 0) is 6.42 Å². The molecule has 1 atom stereocenters. The molecule has 0 aliphatic heterocycles. The Bertz CT molecular complexity index is 374. The molecule has 2 N–H and O–H groups in total. The Morgan fingerprint density at radius 2 is 2.43 bits per heavy atom. The number of aromatic nitrogens is 1. The number of hydrogen-bond donors (Lipinski definition) is 1. The van der Waals surface area contributed by atoms with Crippen molar-refractivity contribution >= 4 is 17.2 Å². The summed E-state index contributed by atoms with van der Waals surface area (Å²) in [5, 5.41) is 0. The molecular weight excluding hydrogens is 192 g/mol. The van der Waals surface area contributed by atoms with Crippen LogP contribution in [0.2, 0.25) is 0 Å². The average molecular weight is 206 g/mol. The van der Waals surface area contributed by atoms with Gasteiger partial charge in [-0.1, -0.05) is 18.3 Å². The van der Waals surface area contributed by atoms with Crippen molar-refractivity contribution in [2.45, 2.75) is 32.1 Å². The van der Waals surface area contributed by atoms with Crippen LogP contribution >= 0.6 is 12.2 Å². The van der Waals surface area contributed by atoms with Gasteiger partial charge in [0.1, 0.15) is 0 Å². The van der Waals surface area contributed by atoms with Gasteiger partial charge in [-0.3, -0.25) is 4.98 Å². The van der Waals surface area contributed by atoms with Gasteiger partial charge in [-0.05, 0) is 37.3 Å². The number of aryl methyl sites for hydroxylation is 2. The second-order valence-electron chi connectivity index (χ2n) is 3.90. The van der Waals surface area contributed by atoms with Crippen LogP contribution in [0.3, 0.4) is 0 Å². The largest absolute Gasteiger partial charge is 0.393 e. The third-order valence-corrected chi connectivity index (χ3v) is 3.04. The van der Waals surface area contributed by atoms with Crippen LogP contribution in [0.5, 0.6) is 0 Å². The molecule has 74 valence electrons. The SMILES string of the molecule is Cc1cnc2c(c1)CCC[C@H]2C(N)=S. The molecule has 0 unspecified atom stereocenters. The van der Waals surface area contributed by atoms with Gasteiger partial charge in [0.2, 0.25) is 0 Å². The van der Waals surface area contributed by atoms with Gasteiger partial charge in [-0.2, -0.15) is 0 Å². The smallest absolute Gasteiger partial charge is 0.0819 e. The Hall–Kier alpha value is -0.960. The van der Waals surface area contributed by atoms with Crippen molar-refractivity contribution in [3.63, 3.8) is 0 Å². The van der Waals surface area contributed by atoms with E-state index in [9.17, 15) is 0 Å². The molecule has 0 bridgehead atoms. The summed E-state index contributed by atoms with van der Waals surface area (Å²) >= 11 is 5.06. The van der Waals surface area contributed by atoms with Crippen molar-refractivity contribution in [2.24, 2.45) is 5.73 Å². The highest BCUT2D eigenvalue weighted by Gasteiger charge is 2.23. The lowest BCUT2D eigenvalue weighted by molar-refractivity contribution is 0.632. The Morgan fingerprint density at radius 1 is 1.64 bits per heavy atom. The number of hydrogen-bond acceptors (Lipinski definition) is 2. The van der Waals surface area contributed by atoms with Gasteiger partial charge in [-0.15, -0.1) is 0 Å². The van der Waals surface area contributed by atoms with E-state index >= 15 is 0 Å². The van der Waals surface area contributed by atoms with E-state index in [2.05, 4.69) is 18.0 Å². The second kappa shape index (κ2) is 3.65. The molecular formula is C11H14N2S. The fourth-order valence-corrected chi connectivity index (χ4v) is 2.29. The summed E-state index contributed by atoms with van der Waals surface area (Å²) in [4.78, 5) is 5.04. The summed E-state index contributed by atoms with van der Waals surface area (Å²) in [6, 6.07) is 2.20. The zero-order chi connectivity index (χ0) is 10.1. The highest BCUT2D eigenvalue weighted by molar-refractivity contribution is 7.80. The van der Waals surface area contributed by atoms with Gasteiger partial charge in [0.15, 0.2) is 0 Å². The van der Waals surface area contributed by atoms with E-state index in [1.807, 2.05) is 6.20 Å². The molecule has 3 heteroatoms. The number of nitrogens with zero attached hydrogens (tertiary/aromatic N) is 1. The summed E-state index contributed by atoms with van der Waals surface area (Å²) in [5.41, 5.74) is 9.36. The number of rotatable bonds is 1. The van der Waals surface area contributed by atoms with E-state index in [1.54, 1.807) is 0 Å². The van der Waals surface area contributed by atoms with Crippen LogP contribution in [0, 0.1) is 6.92 Å². The Balaban J connectivity index is 2.44. The molecule has 1 aliphatic rings. The van der Waals surface area contributed by atoms with Gasteiger partial charge < -0.3 is 5.73 Å². The topological polar surface area (TPSA) is 38.9 Å². The molecule has 1 aromatic heterocycles. The molecule has 0 aromatic carbocycles. The molecule has 0 amide bonds. The van der Waals surface area contributed by atoms with Crippen LogP contribution < -0.4 is 5.73 Å². The summed E-state index contributed by atoms with van der Waals surface area (Å²) in [7, 11) is 0. The zero-order valence-electron chi connectivity index (χ0n) is 8.29. The van der Waals surface area contributed by atoms with E-state index in [0.717, 1.165) is 18.5 Å². The number of pyridine rings is 1. The lowest BCUT2D eigenvalue weighted by Crippen LogP contribution is -2.24. The third kappa shape index (κ3) is 1.64. The molecule has 0 spiro atoms. The highest BCUT2D eigenvalue weighted by Crippen LogP contribution is 2.30. The van der Waals surface area contributed by atoms with E-state index in [1.165, 1.54) is 17.5 Å². The second-order valence-corrected chi connectivity index (χ2v) is 4.38. The maximum absolute atomic E-state index is 5.71. The summed E-state index contributed by atoms with van der Waals surface area (Å²) in [6.45, 7) is 2.07. The number of fused-ring (bicyclic) bond motifs is 1. The Labute approximate surface area is 89.5 Å². The van der Waals surface area contributed by atoms with Crippen molar-refractivity contribution in [2.75, 3.05) is 0 Å². The van der Waals surface area contributed by atoms with Crippen LogP contribution in [0.1, 0.15) is 35.6 Å². The molecule has 1 heterocycles. The first-order valence-corrected chi connectivity index (χ1v) is 5.34. The maximum Gasteiger partial charge on any atom is 0.0819 e. The van der Waals surface area contributed by atoms with E-state index < -0.39 is 0 Å². The first-order valence-electron chi connectivity index (χ1n) is 4.93. The van der Waals surface area contributed by atoms with Gasteiger partial charge in [0, 0.05) is 6.20 Å². The lowest BCUT2D eigenvalue weighted by atomic mass is 9.86. The molecule has 0 saturated heterocycles. The molecule has 0 fully saturated rings. The van der Waals surface area contributed by atoms with Crippen molar-refractivity contribution in [1.82, 2.24) is 4.98 Å². The molecule has 1 aromatic rings. The van der Waals surface area contributed by atoms with Crippen molar-refractivity contribution in [3.8, 4) is 0 Å². The maximum atomic E-state index is 5.71. The van der Waals surface area contributed by atoms with E-state index in [-0.39, 0.29) is 5.92 Å². The molecule has 14 heavy (non-hydrogen) atoms. The highest BCUT2D eigenvalue weighted by atomic mass is 32.1. The van der Waals surface area contributed by atoms with E-state index in [0.29, 0.717) is 4.99 Å². The minimum atomic E-state index is 0.203. The third-order valence-electron chi connectivity index (χ3n) is 2.75. The normalized spacial score (nSPS) is 20.2. The van der Waals surface area contributed by atoms with Gasteiger partial charge in [0.05, 0.1) is 16.6 Å². The summed E-state index contributed by atoms with van der Waals surface area (Å²) < 4.78 is 0. The van der Waals surface area contributed by atoms with Crippen molar-refractivity contribution in [3.05, 3.63) is 29.1 Å². The van der Waals surface area contributed by atoms with Crippen LogP contribution in [0.25, 0.3) is 0 Å². The molecule has 0 radical (unpaired) electrons. The van der Waals surface area contributed by atoms with Gasteiger partial charge in [0.25, 0.3) is 0 Å². The minimum Gasteiger partial charge on any atom is -0.393 e. The molecule has 2 nitrogen and oxygen atoms in total. The summed E-state index contributed by atoms with van der Waals surface area (Å²) in [5.74, 6) is 0.203. The van der Waals surface area contributed by atoms with Crippen LogP contribution in [0.4, 0.5) is 0 Å². The van der Waals surface area contributed by atoms with Gasteiger partial charge >= 0.3 is 0 Å². The number of thiocarbonyl (C=S) groups is 1. The fraction of sp³-hybridized carbons (Fsp3) is 0.455. The zero-order valence-corrected chi connectivity index (χ0v) is 9.10. The van der Waals surface area contributed by atoms with Crippen LogP contribution in [-0.4, -0.2) is 9.97 Å². The van der Waals surface area contributed by atoms with Crippen molar-refractivity contribution < 1.29 is 0 Å². The molecule has 0 saturated carbocycles. The Kier molecular flexibility index (Phi) is 2.50. The molecule has 1 aliphatic carbocycles. The molecule has 2 rings (SSSR count). The average Bonchev–Trinajstić information content (AvgIpc) is 2.16. The van der Waals surface area contributed by atoms with Crippen LogP contribution in [0.15, 0.2) is 12.3 Å². The fourth-order valence-electron chi connectivity index (χ4n) is 2.06.